The molecule has 3 aromatic rings. The highest BCUT2D eigenvalue weighted by atomic mass is 35.5. The van der Waals surface area contributed by atoms with Crippen LogP contribution in [-0.4, -0.2) is 24.2 Å². The van der Waals surface area contributed by atoms with Crippen LogP contribution in [0.5, 0.6) is 0 Å². The van der Waals surface area contributed by atoms with E-state index >= 15 is 0 Å². The average molecular weight is 375 g/mol. The molecule has 0 aliphatic rings. The highest BCUT2D eigenvalue weighted by Gasteiger charge is 2.11. The number of hydrogen-bond acceptors (Lipinski definition) is 3. The predicted octanol–water partition coefficient (Wildman–Crippen LogP) is 4.36. The lowest BCUT2D eigenvalue weighted by molar-refractivity contribution is 0.0997. The van der Waals surface area contributed by atoms with Gasteiger partial charge in [-0.3, -0.25) is 4.79 Å². The lowest BCUT2D eigenvalue weighted by Gasteiger charge is -2.06. The molecule has 130 valence electrons. The number of carbonyl (C=O) groups is 1. The monoisotopic (exact) mass is 374 g/mol. The Kier molecular flexibility index (Phi) is 5.37. The Morgan fingerprint density at radius 3 is 2.80 bits per heavy atom. The molecule has 25 heavy (non-hydrogen) atoms. The topological polar surface area (TPSA) is 43.6 Å². The Balaban J connectivity index is 2.17. The Morgan fingerprint density at radius 2 is 2.08 bits per heavy atom. The first-order valence-electron chi connectivity index (χ1n) is 7.94. The Bertz CT molecular complexity index is 1000. The summed E-state index contributed by atoms with van der Waals surface area (Å²) in [6, 6.07) is 11.1. The van der Waals surface area contributed by atoms with E-state index in [9.17, 15) is 4.79 Å². The van der Waals surface area contributed by atoms with Crippen LogP contribution in [0.15, 0.2) is 41.4 Å². The fourth-order valence-corrected chi connectivity index (χ4v) is 4.06. The van der Waals surface area contributed by atoms with E-state index in [4.69, 9.17) is 16.3 Å². The van der Waals surface area contributed by atoms with Crippen LogP contribution in [0, 0.1) is 13.8 Å². The number of aryl methyl sites for hydroxylation is 2. The number of amides is 1. The molecule has 4 nitrogen and oxygen atoms in total. The van der Waals surface area contributed by atoms with Crippen LogP contribution in [0.25, 0.3) is 10.2 Å². The van der Waals surface area contributed by atoms with Crippen LogP contribution < -0.4 is 4.80 Å². The second kappa shape index (κ2) is 7.52. The smallest absolute Gasteiger partial charge is 0.279 e. The van der Waals surface area contributed by atoms with E-state index in [0.29, 0.717) is 28.5 Å². The minimum absolute atomic E-state index is 0.297. The molecule has 0 atom stereocenters. The Labute approximate surface area is 155 Å². The van der Waals surface area contributed by atoms with Gasteiger partial charge in [-0.2, -0.15) is 4.99 Å². The van der Waals surface area contributed by atoms with Crippen molar-refractivity contribution in [2.45, 2.75) is 20.4 Å². The van der Waals surface area contributed by atoms with Gasteiger partial charge in [0.25, 0.3) is 5.91 Å². The first-order chi connectivity index (χ1) is 12.0. The van der Waals surface area contributed by atoms with Gasteiger partial charge in [0, 0.05) is 24.2 Å². The number of rotatable bonds is 4. The molecule has 0 bridgehead atoms. The second-order valence-corrected chi connectivity index (χ2v) is 7.30. The van der Waals surface area contributed by atoms with Gasteiger partial charge in [0.05, 0.1) is 16.8 Å². The molecule has 2 aromatic carbocycles. The van der Waals surface area contributed by atoms with Crippen molar-refractivity contribution in [2.75, 3.05) is 13.7 Å². The number of aromatic nitrogens is 1. The fourth-order valence-electron chi connectivity index (χ4n) is 2.77. The van der Waals surface area contributed by atoms with Crippen molar-refractivity contribution >= 4 is 39.1 Å². The summed E-state index contributed by atoms with van der Waals surface area (Å²) in [6.07, 6.45) is 0. The zero-order chi connectivity index (χ0) is 18.0. The van der Waals surface area contributed by atoms with Crippen molar-refractivity contribution in [2.24, 2.45) is 4.99 Å². The number of hydrogen-bond donors (Lipinski definition) is 0. The molecule has 0 saturated carbocycles. The molecule has 6 heteroatoms. The molecule has 0 unspecified atom stereocenters. The lowest BCUT2D eigenvalue weighted by Crippen LogP contribution is -2.19. The van der Waals surface area contributed by atoms with Gasteiger partial charge < -0.3 is 9.30 Å². The summed E-state index contributed by atoms with van der Waals surface area (Å²) in [6.45, 7) is 5.34. The quantitative estimate of drug-likeness (QED) is 0.681. The first kappa shape index (κ1) is 17.9. The summed E-state index contributed by atoms with van der Waals surface area (Å²) < 4.78 is 8.41. The maximum absolute atomic E-state index is 12.6. The van der Waals surface area contributed by atoms with Crippen LogP contribution in [0.2, 0.25) is 5.02 Å². The number of fused-ring (bicyclic) bond motifs is 1. The van der Waals surface area contributed by atoms with Crippen molar-refractivity contribution in [3.05, 3.63) is 62.9 Å². The molecule has 3 rings (SSSR count). The van der Waals surface area contributed by atoms with E-state index < -0.39 is 0 Å². The summed E-state index contributed by atoms with van der Waals surface area (Å²) in [7, 11) is 1.67. The molecule has 1 amide bonds. The van der Waals surface area contributed by atoms with Gasteiger partial charge in [-0.05, 0) is 49.2 Å². The number of thiazole rings is 1. The second-order valence-electron chi connectivity index (χ2n) is 5.89. The van der Waals surface area contributed by atoms with Crippen LogP contribution >= 0.6 is 22.9 Å². The van der Waals surface area contributed by atoms with Crippen LogP contribution in [0.3, 0.4) is 0 Å². The van der Waals surface area contributed by atoms with Crippen LogP contribution in [0.4, 0.5) is 0 Å². The van der Waals surface area contributed by atoms with Crippen molar-refractivity contribution in [3.63, 3.8) is 0 Å². The van der Waals surface area contributed by atoms with Crippen molar-refractivity contribution < 1.29 is 9.53 Å². The summed E-state index contributed by atoms with van der Waals surface area (Å²) in [5, 5.41) is 0.524. The molecule has 0 spiro atoms. The number of halogens is 1. The highest BCUT2D eigenvalue weighted by Crippen LogP contribution is 2.23. The average Bonchev–Trinajstić information content (AvgIpc) is 2.90. The number of nitrogens with zero attached hydrogens (tertiary/aromatic N) is 2. The maximum atomic E-state index is 12.6. The van der Waals surface area contributed by atoms with Gasteiger partial charge in [0.1, 0.15) is 0 Å². The summed E-state index contributed by atoms with van der Waals surface area (Å²) >= 11 is 7.50. The Morgan fingerprint density at radius 1 is 1.28 bits per heavy atom. The van der Waals surface area contributed by atoms with E-state index in [1.165, 1.54) is 22.5 Å². The molecule has 0 aliphatic carbocycles. The zero-order valence-corrected chi connectivity index (χ0v) is 15.9. The van der Waals surface area contributed by atoms with Crippen LogP contribution in [-0.2, 0) is 11.3 Å². The van der Waals surface area contributed by atoms with E-state index in [0.717, 1.165) is 10.2 Å². The van der Waals surface area contributed by atoms with Gasteiger partial charge in [-0.15, -0.1) is 0 Å². The number of methoxy groups -OCH3 is 1. The number of carbonyl (C=O) groups excluding carboxylic acids is 1. The molecule has 0 aliphatic heterocycles. The summed E-state index contributed by atoms with van der Waals surface area (Å²) in [5.41, 5.74) is 3.93. The highest BCUT2D eigenvalue weighted by molar-refractivity contribution is 7.16. The van der Waals surface area contributed by atoms with Crippen molar-refractivity contribution in [3.8, 4) is 0 Å². The van der Waals surface area contributed by atoms with Gasteiger partial charge >= 0.3 is 0 Å². The maximum Gasteiger partial charge on any atom is 0.279 e. The fraction of sp³-hybridized carbons (Fsp3) is 0.263. The van der Waals surface area contributed by atoms with Gasteiger partial charge in [-0.25, -0.2) is 0 Å². The number of benzene rings is 2. The van der Waals surface area contributed by atoms with Gasteiger partial charge in [0.15, 0.2) is 4.80 Å². The molecule has 1 heterocycles. The molecule has 0 fully saturated rings. The van der Waals surface area contributed by atoms with Crippen LogP contribution in [0.1, 0.15) is 21.5 Å². The molecule has 0 radical (unpaired) electrons. The predicted molar refractivity (Wildman–Crippen MR) is 103 cm³/mol. The normalized spacial score (nSPS) is 12.1. The van der Waals surface area contributed by atoms with Crippen molar-refractivity contribution in [1.29, 1.82) is 0 Å². The largest absolute Gasteiger partial charge is 0.383 e. The molecular formula is C19H19ClN2O2S. The third kappa shape index (κ3) is 3.84. The SMILES string of the molecule is COCCn1c(=NC(=O)c2cccc(Cl)c2)sc2c(C)cc(C)cc21. The standard InChI is InChI=1S/C19H19ClN2O2S/c1-12-9-13(2)17-16(10-12)22(7-8-24-3)19(25-17)21-18(23)14-5-4-6-15(20)11-14/h4-6,9-11H,7-8H2,1-3H3. The Hall–Kier alpha value is -1.95. The third-order valence-corrected chi connectivity index (χ3v) is 5.37. The minimum Gasteiger partial charge on any atom is -0.383 e. The van der Waals surface area contributed by atoms with E-state index in [-0.39, 0.29) is 5.91 Å². The zero-order valence-electron chi connectivity index (χ0n) is 14.4. The lowest BCUT2D eigenvalue weighted by atomic mass is 10.1. The third-order valence-electron chi connectivity index (χ3n) is 3.90. The molecule has 1 aromatic heterocycles. The van der Waals surface area contributed by atoms with E-state index in [1.807, 2.05) is 4.57 Å². The molecule has 0 saturated heterocycles. The molecular weight excluding hydrogens is 356 g/mol. The summed E-state index contributed by atoms with van der Waals surface area (Å²) in [4.78, 5) is 17.6. The summed E-state index contributed by atoms with van der Waals surface area (Å²) in [5.74, 6) is -0.297. The first-order valence-corrected chi connectivity index (χ1v) is 9.13. The molecule has 0 N–H and O–H groups in total. The van der Waals surface area contributed by atoms with E-state index in [1.54, 1.807) is 31.4 Å². The van der Waals surface area contributed by atoms with E-state index in [2.05, 4.69) is 31.0 Å². The number of ether oxygens (including phenoxy) is 1. The van der Waals surface area contributed by atoms with Gasteiger partial charge in [-0.1, -0.05) is 35.1 Å². The van der Waals surface area contributed by atoms with Gasteiger partial charge in [0.2, 0.25) is 0 Å². The minimum atomic E-state index is -0.297. The van der Waals surface area contributed by atoms with Crippen molar-refractivity contribution in [1.82, 2.24) is 4.57 Å².